The lowest BCUT2D eigenvalue weighted by Gasteiger charge is -2.21. The third-order valence-electron chi connectivity index (χ3n) is 14.1. The van der Waals surface area contributed by atoms with Gasteiger partial charge in [0.25, 0.3) is 0 Å². The fourth-order valence-electron chi connectivity index (χ4n) is 9.60. The largest absolute Gasteiger partial charge is 0.497 e. The van der Waals surface area contributed by atoms with Gasteiger partial charge in [-0.2, -0.15) is 0 Å². The molecule has 4 aliphatic heterocycles. The van der Waals surface area contributed by atoms with Crippen molar-refractivity contribution in [3.05, 3.63) is 190 Å². The van der Waals surface area contributed by atoms with E-state index in [9.17, 15) is 51.1 Å². The zero-order valence-corrected chi connectivity index (χ0v) is 48.4. The highest BCUT2D eigenvalue weighted by atomic mass is 19.1. The number of hydrogen-bond acceptors (Lipinski definition) is 15. The number of carbonyl (C=O) groups is 7. The van der Waals surface area contributed by atoms with Gasteiger partial charge >= 0.3 is 18.0 Å². The Morgan fingerprint density at radius 2 is 0.875 bits per heavy atom. The Labute approximate surface area is 506 Å². The fraction of sp³-hybridized carbons (Fsp3) is 0.306. The van der Waals surface area contributed by atoms with Gasteiger partial charge in [-0.3, -0.25) is 28.8 Å². The lowest BCUT2D eigenvalue weighted by atomic mass is 9.93. The number of esters is 1. The van der Waals surface area contributed by atoms with Crippen LogP contribution in [0.25, 0.3) is 0 Å². The van der Waals surface area contributed by atoms with Gasteiger partial charge in [0.05, 0.1) is 84.2 Å². The maximum absolute atomic E-state index is 14.2. The average Bonchev–Trinajstić information content (AvgIpc) is 2.03. The smallest absolute Gasteiger partial charge is 0.407 e. The molecule has 0 bridgehead atoms. The minimum absolute atomic E-state index is 0. The predicted octanol–water partition coefficient (Wildman–Crippen LogP) is 6.49. The van der Waals surface area contributed by atoms with Crippen molar-refractivity contribution in [1.82, 2.24) is 26.6 Å². The Balaban J connectivity index is 0.000000207. The van der Waals surface area contributed by atoms with Crippen LogP contribution in [0.2, 0.25) is 0 Å². The number of methoxy groups -OCH3 is 5. The summed E-state index contributed by atoms with van der Waals surface area (Å²) in [7, 11) is 7.11. The van der Waals surface area contributed by atoms with Crippen LogP contribution in [0.4, 0.5) is 22.4 Å². The number of nitrogens with one attached hydrogen (secondary N) is 5. The van der Waals surface area contributed by atoms with Gasteiger partial charge in [0, 0.05) is 62.4 Å². The van der Waals surface area contributed by atoms with E-state index in [-0.39, 0.29) is 87.5 Å². The number of nitrogens with two attached hydrogens (primary N) is 1. The van der Waals surface area contributed by atoms with Gasteiger partial charge in [-0.1, -0.05) is 60.7 Å². The van der Waals surface area contributed by atoms with E-state index in [2.05, 4.69) is 31.3 Å². The van der Waals surface area contributed by atoms with Crippen LogP contribution in [0, 0.1) is 35.1 Å². The number of carboxylic acids is 1. The molecule has 4 fully saturated rings. The molecule has 5 amide bonds. The van der Waals surface area contributed by atoms with Crippen LogP contribution in [0.3, 0.4) is 0 Å². The summed E-state index contributed by atoms with van der Waals surface area (Å²) in [6.07, 6.45) is -0.545. The Kier molecular flexibility index (Phi) is 26.1. The SMILES string of the molecule is COC(=O)C1CC(=O)NC1c1cc(OC)ccc1F.COc1ccc(F)c(C2NC(=O)C[C@@H]2C(=O)O)c1.COc1ccc(F)c([C@H]2NC(=O)C[C@@H]2N)c1.COc1ccc(F)c([C@H]2NC(=O)C[C@@H]2NC(=O)OCc2ccccc2)c1.OCc1ccccc1.[B]. The van der Waals surface area contributed by atoms with E-state index in [1.165, 1.54) is 102 Å². The first-order valence-electron chi connectivity index (χ1n) is 26.9. The van der Waals surface area contributed by atoms with Crippen molar-refractivity contribution in [2.24, 2.45) is 17.6 Å². The molecule has 6 aromatic carbocycles. The number of aliphatic hydroxyl groups is 1. The summed E-state index contributed by atoms with van der Waals surface area (Å²) in [6, 6.07) is 31.9. The zero-order valence-electron chi connectivity index (χ0n) is 48.4. The molecule has 4 saturated heterocycles. The first-order valence-corrected chi connectivity index (χ1v) is 26.9. The van der Waals surface area contributed by atoms with Crippen LogP contribution in [-0.2, 0) is 51.5 Å². The lowest BCUT2D eigenvalue weighted by molar-refractivity contribution is -0.146. The minimum atomic E-state index is -1.12. The molecule has 0 aromatic heterocycles. The number of carboxylic acid groups (broad SMARTS) is 1. The topological polar surface area (TPSA) is 302 Å². The Morgan fingerprint density at radius 1 is 0.511 bits per heavy atom. The van der Waals surface area contributed by atoms with Gasteiger partial charge in [-0.05, 0) is 83.9 Å². The molecule has 9 N–H and O–H groups in total. The van der Waals surface area contributed by atoms with Gasteiger partial charge < -0.3 is 71.0 Å². The Morgan fingerprint density at radius 3 is 1.26 bits per heavy atom. The first-order chi connectivity index (χ1) is 41.7. The summed E-state index contributed by atoms with van der Waals surface area (Å²) in [5, 5.41) is 30.6. The van der Waals surface area contributed by atoms with E-state index in [1.807, 2.05) is 60.7 Å². The summed E-state index contributed by atoms with van der Waals surface area (Å²) < 4.78 is 85.3. The monoisotopic (exact) mass is 1220 g/mol. The molecule has 465 valence electrons. The first kappa shape index (κ1) is 69.1. The number of carbonyl (C=O) groups excluding carboxylic acids is 6. The van der Waals surface area contributed by atoms with E-state index in [4.69, 9.17) is 39.6 Å². The number of aliphatic carboxylic acids is 1. The molecule has 6 aromatic rings. The number of halogens is 4. The van der Waals surface area contributed by atoms with Gasteiger partial charge in [0.2, 0.25) is 23.6 Å². The number of rotatable bonds is 14. The summed E-state index contributed by atoms with van der Waals surface area (Å²) in [5.41, 5.74) is 8.56. The van der Waals surface area contributed by atoms with Crippen LogP contribution >= 0.6 is 0 Å². The molecule has 10 rings (SSSR count). The summed E-state index contributed by atoms with van der Waals surface area (Å²) >= 11 is 0. The van der Waals surface area contributed by atoms with Gasteiger partial charge in [-0.15, -0.1) is 0 Å². The molecule has 0 saturated carbocycles. The zero-order chi connectivity index (χ0) is 63.3. The van der Waals surface area contributed by atoms with Crippen molar-refractivity contribution in [3.8, 4) is 23.0 Å². The highest BCUT2D eigenvalue weighted by molar-refractivity contribution is 5.88. The van der Waals surface area contributed by atoms with E-state index < -0.39 is 89.5 Å². The van der Waals surface area contributed by atoms with Gasteiger partial charge in [0.1, 0.15) is 52.9 Å². The molecule has 0 spiro atoms. The maximum atomic E-state index is 14.2. The van der Waals surface area contributed by atoms with Gasteiger partial charge in [-0.25, -0.2) is 22.4 Å². The molecule has 4 heterocycles. The van der Waals surface area contributed by atoms with E-state index in [0.29, 0.717) is 28.6 Å². The van der Waals surface area contributed by atoms with Crippen LogP contribution in [0.5, 0.6) is 23.0 Å². The maximum Gasteiger partial charge on any atom is 0.407 e. The Hall–Kier alpha value is -9.69. The van der Waals surface area contributed by atoms with Crippen LogP contribution in [0.15, 0.2) is 133 Å². The second-order valence-electron chi connectivity index (χ2n) is 19.7. The highest BCUT2D eigenvalue weighted by Crippen LogP contribution is 2.36. The molecule has 26 heteroatoms. The third kappa shape index (κ3) is 18.9. The fourth-order valence-corrected chi connectivity index (χ4v) is 9.60. The molecule has 4 aliphatic rings. The lowest BCUT2D eigenvalue weighted by Crippen LogP contribution is -2.39. The van der Waals surface area contributed by atoms with Crippen LogP contribution in [0.1, 0.15) is 83.2 Å². The molecule has 88 heavy (non-hydrogen) atoms. The Bertz CT molecular complexity index is 3380. The van der Waals surface area contributed by atoms with E-state index in [1.54, 1.807) is 6.07 Å². The average molecular weight is 1220 g/mol. The number of aliphatic hydroxyl groups excluding tert-OH is 1. The van der Waals surface area contributed by atoms with E-state index in [0.717, 1.165) is 11.1 Å². The van der Waals surface area contributed by atoms with Crippen molar-refractivity contribution in [2.45, 2.75) is 75.1 Å². The number of hydrogen-bond donors (Lipinski definition) is 8. The number of alkyl carbamates (subject to hydrolysis) is 1. The van der Waals surface area contributed by atoms with Crippen molar-refractivity contribution >= 4 is 50.1 Å². The second kappa shape index (κ2) is 33.3. The third-order valence-corrected chi connectivity index (χ3v) is 14.1. The molecule has 3 radical (unpaired) electrons. The molecule has 8 atom stereocenters. The molecule has 21 nitrogen and oxygen atoms in total. The molecule has 3 unspecified atom stereocenters. The van der Waals surface area contributed by atoms with E-state index >= 15 is 0 Å². The normalized spacial score (nSPS) is 20.2. The van der Waals surface area contributed by atoms with Crippen LogP contribution < -0.4 is 51.3 Å². The van der Waals surface area contributed by atoms with Gasteiger partial charge in [0.15, 0.2) is 0 Å². The molecular formula is C62H66BF4N6O15. The van der Waals surface area contributed by atoms with Crippen molar-refractivity contribution < 1.29 is 89.8 Å². The molecular weight excluding hydrogens is 1160 g/mol. The van der Waals surface area contributed by atoms with Crippen molar-refractivity contribution in [2.75, 3.05) is 35.5 Å². The summed E-state index contributed by atoms with van der Waals surface area (Å²) in [5.74, 6) is -4.51. The summed E-state index contributed by atoms with van der Waals surface area (Å²) in [4.78, 5) is 80.5. The summed E-state index contributed by atoms with van der Waals surface area (Å²) in [6.45, 7) is 0.250. The number of amides is 5. The minimum Gasteiger partial charge on any atom is -0.497 e. The van der Waals surface area contributed by atoms with Crippen molar-refractivity contribution in [3.63, 3.8) is 0 Å². The second-order valence-corrected chi connectivity index (χ2v) is 19.7. The number of ether oxygens (including phenoxy) is 6. The molecule has 0 aliphatic carbocycles. The predicted molar refractivity (Wildman–Crippen MR) is 310 cm³/mol. The standard InChI is InChI=1S/C19H19FN2O4.C13H14FNO4.C12H12FNO4.C11H13FN2O2.C7H8O.B/c1-25-13-7-8-15(20)14(9-13)18-16(10-17(23)22-18)21-19(24)26-11-12-5-3-2-4-6-12;1-18-7-3-4-10(14)8(5-7)12-9(13(17)19-2)6-11(16)15-12;1-18-6-2-3-9(13)7(4-6)11-8(12(16)17)5-10(15)14-11;1-16-6-2-3-8(12)7(4-6)11-9(13)5-10(15)14-11;8-6-7-4-2-1-3-5-7;/h2-9,16,18H,10-11H2,1H3,(H,21,24)(H,22,23);3-5,9,12H,6H2,1-2H3,(H,15,16);2-4,8,11H,5H2,1H3,(H,14,15)(H,16,17);2-4,9,11H,5,13H2,1H3,(H,14,15);1-5,8H,6H2;/t16-,18+;;8-,11?;9-,11+;;/m0.00../s1. The quantitative estimate of drug-likeness (QED) is 0.0328. The van der Waals surface area contributed by atoms with Crippen LogP contribution in [-0.4, -0.2) is 108 Å². The number of benzene rings is 6. The van der Waals surface area contributed by atoms with Crippen molar-refractivity contribution in [1.29, 1.82) is 0 Å². The highest BCUT2D eigenvalue weighted by Gasteiger charge is 2.42.